The van der Waals surface area contributed by atoms with Crippen molar-refractivity contribution < 1.29 is 14.3 Å². The molecule has 6 nitrogen and oxygen atoms in total. The van der Waals surface area contributed by atoms with Crippen LogP contribution in [0.5, 0.6) is 5.75 Å². The van der Waals surface area contributed by atoms with Gasteiger partial charge in [-0.3, -0.25) is 9.59 Å². The molecule has 1 aliphatic heterocycles. The number of ether oxygens (including phenoxy) is 1. The lowest BCUT2D eigenvalue weighted by atomic mass is 10.1. The predicted octanol–water partition coefficient (Wildman–Crippen LogP) is 1.58. The summed E-state index contributed by atoms with van der Waals surface area (Å²) < 4.78 is 5.13. The summed E-state index contributed by atoms with van der Waals surface area (Å²) in [5.74, 6) is 0.527. The molecule has 0 saturated carbocycles. The van der Waals surface area contributed by atoms with Gasteiger partial charge in [0.25, 0.3) is 0 Å². The number of hydrogen-bond donors (Lipinski definition) is 2. The topological polar surface area (TPSA) is 70.7 Å². The molecule has 0 aromatic heterocycles. The van der Waals surface area contributed by atoms with Crippen molar-refractivity contribution in [2.75, 3.05) is 26.7 Å². The van der Waals surface area contributed by atoms with E-state index in [4.69, 9.17) is 4.74 Å². The minimum absolute atomic E-state index is 0. The molecular formula is C18H28ClN3O3. The van der Waals surface area contributed by atoms with E-state index in [2.05, 4.69) is 10.6 Å². The monoisotopic (exact) mass is 369 g/mol. The number of likely N-dealkylation sites (tertiary alicyclic amines) is 1. The van der Waals surface area contributed by atoms with Gasteiger partial charge in [0.05, 0.1) is 13.0 Å². The number of hydrogen-bond acceptors (Lipinski definition) is 4. The van der Waals surface area contributed by atoms with Crippen LogP contribution in [0.4, 0.5) is 0 Å². The maximum Gasteiger partial charge on any atom is 0.225 e. The van der Waals surface area contributed by atoms with Crippen molar-refractivity contribution in [2.45, 2.75) is 32.9 Å². The number of rotatable bonds is 8. The van der Waals surface area contributed by atoms with Crippen molar-refractivity contribution in [3.8, 4) is 5.75 Å². The minimum atomic E-state index is -0.260. The molecule has 2 rings (SSSR count). The lowest BCUT2D eigenvalue weighted by Crippen LogP contribution is -2.41. The molecule has 1 fully saturated rings. The minimum Gasteiger partial charge on any atom is -0.497 e. The van der Waals surface area contributed by atoms with Gasteiger partial charge in [-0.15, -0.1) is 12.4 Å². The second-order valence-electron chi connectivity index (χ2n) is 6.23. The van der Waals surface area contributed by atoms with Gasteiger partial charge in [-0.25, -0.2) is 0 Å². The summed E-state index contributed by atoms with van der Waals surface area (Å²) >= 11 is 0. The zero-order valence-corrected chi connectivity index (χ0v) is 15.9. The summed E-state index contributed by atoms with van der Waals surface area (Å²) in [6.45, 7) is 6.52. The van der Waals surface area contributed by atoms with E-state index in [9.17, 15) is 9.59 Å². The van der Waals surface area contributed by atoms with Gasteiger partial charge in [0, 0.05) is 32.1 Å². The number of carbonyl (C=O) groups is 2. The highest BCUT2D eigenvalue weighted by molar-refractivity contribution is 5.89. The Morgan fingerprint density at radius 3 is 2.64 bits per heavy atom. The van der Waals surface area contributed by atoms with Gasteiger partial charge in [0.2, 0.25) is 11.8 Å². The zero-order valence-electron chi connectivity index (χ0n) is 15.1. The first-order chi connectivity index (χ1) is 11.5. The fraction of sp³-hybridized carbons (Fsp3) is 0.556. The molecule has 140 valence electrons. The van der Waals surface area contributed by atoms with Crippen LogP contribution in [0.2, 0.25) is 0 Å². The summed E-state index contributed by atoms with van der Waals surface area (Å²) in [6, 6.07) is 7.87. The second-order valence-corrected chi connectivity index (χ2v) is 6.23. The predicted molar refractivity (Wildman–Crippen MR) is 99.9 cm³/mol. The highest BCUT2D eigenvalue weighted by Gasteiger charge is 2.34. The van der Waals surface area contributed by atoms with Crippen molar-refractivity contribution in [1.29, 1.82) is 0 Å². The van der Waals surface area contributed by atoms with Crippen LogP contribution in [0.25, 0.3) is 0 Å². The standard InChI is InChI=1S/C18H27N3O3.ClH/c1-4-19-13(2)10-20-18(23)15-9-17(22)21(12-15)11-14-5-7-16(24-3)8-6-14;/h5-8,13,15,19H,4,9-12H2,1-3H3,(H,20,23);1H/t13-,15?;/m1./s1. The van der Waals surface area contributed by atoms with Gasteiger partial charge in [0.1, 0.15) is 5.75 Å². The Hall–Kier alpha value is -1.79. The van der Waals surface area contributed by atoms with Crippen LogP contribution in [-0.2, 0) is 16.1 Å². The number of halogens is 1. The third-order valence-corrected chi connectivity index (χ3v) is 4.25. The van der Waals surface area contributed by atoms with E-state index in [1.54, 1.807) is 12.0 Å². The molecule has 1 aromatic carbocycles. The highest BCUT2D eigenvalue weighted by Crippen LogP contribution is 2.21. The van der Waals surface area contributed by atoms with E-state index in [0.29, 0.717) is 19.6 Å². The van der Waals surface area contributed by atoms with Gasteiger partial charge in [-0.2, -0.15) is 0 Å². The summed E-state index contributed by atoms with van der Waals surface area (Å²) in [6.07, 6.45) is 0.289. The zero-order chi connectivity index (χ0) is 17.5. The number of likely N-dealkylation sites (N-methyl/N-ethyl adjacent to an activating group) is 1. The first-order valence-corrected chi connectivity index (χ1v) is 8.45. The van der Waals surface area contributed by atoms with Crippen LogP contribution < -0.4 is 15.4 Å². The normalized spacial score (nSPS) is 17.8. The molecule has 2 amide bonds. The Bertz CT molecular complexity index is 565. The molecule has 1 aliphatic rings. The molecule has 0 bridgehead atoms. The Morgan fingerprint density at radius 1 is 1.36 bits per heavy atom. The van der Waals surface area contributed by atoms with Gasteiger partial charge < -0.3 is 20.3 Å². The largest absolute Gasteiger partial charge is 0.497 e. The Kier molecular flexibility index (Phi) is 8.72. The number of benzene rings is 1. The average molecular weight is 370 g/mol. The van der Waals surface area contributed by atoms with Crippen LogP contribution in [-0.4, -0.2) is 49.5 Å². The first-order valence-electron chi connectivity index (χ1n) is 8.45. The van der Waals surface area contributed by atoms with Gasteiger partial charge >= 0.3 is 0 Å². The molecule has 1 heterocycles. The van der Waals surface area contributed by atoms with Crippen molar-refractivity contribution in [2.24, 2.45) is 5.92 Å². The SMILES string of the molecule is CCN[C@H](C)CNC(=O)C1CC(=O)N(Cc2ccc(OC)cc2)C1.Cl. The molecule has 2 N–H and O–H groups in total. The highest BCUT2D eigenvalue weighted by atomic mass is 35.5. The number of nitrogens with one attached hydrogen (secondary N) is 2. The van der Waals surface area contributed by atoms with E-state index in [1.807, 2.05) is 38.1 Å². The van der Waals surface area contributed by atoms with Crippen LogP contribution >= 0.6 is 12.4 Å². The Labute approximate surface area is 155 Å². The molecule has 0 spiro atoms. The maximum absolute atomic E-state index is 12.2. The third kappa shape index (κ3) is 6.21. The first kappa shape index (κ1) is 21.3. The number of carbonyl (C=O) groups excluding carboxylic acids is 2. The number of amides is 2. The average Bonchev–Trinajstić information content (AvgIpc) is 2.94. The van der Waals surface area contributed by atoms with Crippen LogP contribution in [0.15, 0.2) is 24.3 Å². The van der Waals surface area contributed by atoms with E-state index in [-0.39, 0.29) is 42.6 Å². The Balaban J connectivity index is 0.00000312. The van der Waals surface area contributed by atoms with Crippen molar-refractivity contribution in [3.63, 3.8) is 0 Å². The van der Waals surface area contributed by atoms with Crippen molar-refractivity contribution in [1.82, 2.24) is 15.5 Å². The van der Waals surface area contributed by atoms with Crippen molar-refractivity contribution in [3.05, 3.63) is 29.8 Å². The Morgan fingerprint density at radius 2 is 2.04 bits per heavy atom. The van der Waals surface area contributed by atoms with Gasteiger partial charge in [-0.05, 0) is 31.2 Å². The summed E-state index contributed by atoms with van der Waals surface area (Å²) in [5, 5.41) is 6.18. The summed E-state index contributed by atoms with van der Waals surface area (Å²) in [7, 11) is 1.62. The number of methoxy groups -OCH3 is 1. The second kappa shape index (κ2) is 10.3. The van der Waals surface area contributed by atoms with E-state index in [0.717, 1.165) is 17.9 Å². The molecule has 1 unspecified atom stereocenters. The van der Waals surface area contributed by atoms with Crippen molar-refractivity contribution >= 4 is 24.2 Å². The van der Waals surface area contributed by atoms with Gasteiger partial charge in [0.15, 0.2) is 0 Å². The lowest BCUT2D eigenvalue weighted by molar-refractivity contribution is -0.129. The van der Waals surface area contributed by atoms with E-state index >= 15 is 0 Å². The van der Waals surface area contributed by atoms with Crippen LogP contribution in [0.3, 0.4) is 0 Å². The summed E-state index contributed by atoms with van der Waals surface area (Å²) in [4.78, 5) is 26.2. The quantitative estimate of drug-likeness (QED) is 0.730. The van der Waals surface area contributed by atoms with E-state index < -0.39 is 0 Å². The molecule has 0 radical (unpaired) electrons. The lowest BCUT2D eigenvalue weighted by Gasteiger charge is -2.18. The molecule has 2 atom stereocenters. The molecule has 25 heavy (non-hydrogen) atoms. The van der Waals surface area contributed by atoms with E-state index in [1.165, 1.54) is 0 Å². The molecule has 1 saturated heterocycles. The van der Waals surface area contributed by atoms with Gasteiger partial charge in [-0.1, -0.05) is 19.1 Å². The maximum atomic E-state index is 12.2. The fourth-order valence-corrected chi connectivity index (χ4v) is 2.87. The summed E-state index contributed by atoms with van der Waals surface area (Å²) in [5.41, 5.74) is 1.03. The molecule has 1 aromatic rings. The van der Waals surface area contributed by atoms with Crippen LogP contribution in [0.1, 0.15) is 25.8 Å². The third-order valence-electron chi connectivity index (χ3n) is 4.25. The smallest absolute Gasteiger partial charge is 0.225 e. The fourth-order valence-electron chi connectivity index (χ4n) is 2.87. The number of nitrogens with zero attached hydrogens (tertiary/aromatic N) is 1. The van der Waals surface area contributed by atoms with Crippen LogP contribution in [0, 0.1) is 5.92 Å². The molecule has 0 aliphatic carbocycles. The molecular weight excluding hydrogens is 342 g/mol. The molecule has 7 heteroatoms.